The predicted octanol–water partition coefficient (Wildman–Crippen LogP) is 1.30. The van der Waals surface area contributed by atoms with Gasteiger partial charge in [0.15, 0.2) is 5.76 Å². The first-order valence-electron chi connectivity index (χ1n) is 7.08. The fraction of sp³-hybridized carbons (Fsp3) is 0.312. The molecule has 0 radical (unpaired) electrons. The van der Waals surface area contributed by atoms with E-state index in [1.165, 1.54) is 31.2 Å². The second-order valence-corrected chi connectivity index (χ2v) is 5.10. The van der Waals surface area contributed by atoms with E-state index in [1.54, 1.807) is 11.9 Å². The van der Waals surface area contributed by atoms with Crippen molar-refractivity contribution in [1.29, 1.82) is 0 Å². The molecule has 0 spiro atoms. The Morgan fingerprint density at radius 3 is 2.21 bits per heavy atom. The number of carboxylic acids is 2. The first-order valence-corrected chi connectivity index (χ1v) is 7.08. The van der Waals surface area contributed by atoms with Crippen LogP contribution in [0.1, 0.15) is 34.1 Å². The topological polar surface area (TPSA) is 135 Å². The number of benzene rings is 1. The van der Waals surface area contributed by atoms with Crippen molar-refractivity contribution in [2.45, 2.75) is 19.4 Å². The van der Waals surface area contributed by atoms with Crippen molar-refractivity contribution in [2.75, 3.05) is 18.5 Å². The molecule has 0 amide bonds. The van der Waals surface area contributed by atoms with Gasteiger partial charge in [0.25, 0.3) is 0 Å². The third-order valence-corrected chi connectivity index (χ3v) is 3.47. The number of carbonyl (C=O) groups is 3. The monoisotopic (exact) mass is 337 g/mol. The van der Waals surface area contributed by atoms with E-state index < -0.39 is 29.6 Å². The Bertz CT molecular complexity index is 681. The lowest BCUT2D eigenvalue weighted by atomic mass is 10.1. The molecule has 0 saturated heterocycles. The third-order valence-electron chi connectivity index (χ3n) is 3.47. The summed E-state index contributed by atoms with van der Waals surface area (Å²) in [7, 11) is 1.61. The third kappa shape index (κ3) is 4.56. The number of rotatable bonds is 8. The average Bonchev–Trinajstić information content (AvgIpc) is 2.56. The maximum Gasteiger partial charge on any atom is 0.336 e. The average molecular weight is 337 g/mol. The molecule has 0 aromatic heterocycles. The highest BCUT2D eigenvalue weighted by Crippen LogP contribution is 2.20. The Morgan fingerprint density at radius 1 is 1.12 bits per heavy atom. The summed E-state index contributed by atoms with van der Waals surface area (Å²) in [4.78, 5) is 35.3. The van der Waals surface area contributed by atoms with Crippen LogP contribution in [-0.2, 0) is 4.79 Å². The van der Waals surface area contributed by atoms with Gasteiger partial charge in [-0.15, -0.1) is 0 Å². The van der Waals surface area contributed by atoms with Gasteiger partial charge in [0, 0.05) is 19.3 Å². The maximum atomic E-state index is 11.6. The molecule has 1 aromatic rings. The van der Waals surface area contributed by atoms with Gasteiger partial charge in [-0.2, -0.15) is 0 Å². The van der Waals surface area contributed by atoms with Crippen molar-refractivity contribution < 1.29 is 34.8 Å². The van der Waals surface area contributed by atoms with E-state index in [0.29, 0.717) is 5.69 Å². The van der Waals surface area contributed by atoms with Crippen LogP contribution in [-0.4, -0.2) is 57.8 Å². The molecule has 0 fully saturated rings. The Hall–Kier alpha value is -2.87. The molecule has 1 atom stereocenters. The molecule has 8 nitrogen and oxygen atoms in total. The Labute approximate surface area is 138 Å². The van der Waals surface area contributed by atoms with E-state index in [1.807, 2.05) is 0 Å². The summed E-state index contributed by atoms with van der Waals surface area (Å²) in [5.41, 5.74) is -0.254. The number of aromatic carboxylic acids is 2. The summed E-state index contributed by atoms with van der Waals surface area (Å²) in [5, 5.41) is 37.1. The number of anilines is 1. The summed E-state index contributed by atoms with van der Waals surface area (Å²) in [6.07, 6.45) is -0.198. The van der Waals surface area contributed by atoms with Crippen molar-refractivity contribution in [3.8, 4) is 0 Å². The molecule has 0 saturated carbocycles. The van der Waals surface area contributed by atoms with Crippen molar-refractivity contribution >= 4 is 23.4 Å². The van der Waals surface area contributed by atoms with Crippen LogP contribution < -0.4 is 4.90 Å². The van der Waals surface area contributed by atoms with E-state index in [-0.39, 0.29) is 24.1 Å². The molecular formula is C16H19NO7. The quantitative estimate of drug-likeness (QED) is 0.412. The first kappa shape index (κ1) is 19.2. The molecule has 1 rings (SSSR count). The van der Waals surface area contributed by atoms with Gasteiger partial charge in [-0.3, -0.25) is 4.79 Å². The lowest BCUT2D eigenvalue weighted by Crippen LogP contribution is -2.29. The molecule has 1 unspecified atom stereocenters. The molecule has 130 valence electrons. The van der Waals surface area contributed by atoms with Crippen molar-refractivity contribution in [3.05, 3.63) is 41.2 Å². The predicted molar refractivity (Wildman–Crippen MR) is 85.6 cm³/mol. The van der Waals surface area contributed by atoms with Crippen LogP contribution in [0, 0.1) is 0 Å². The molecule has 0 bridgehead atoms. The van der Waals surface area contributed by atoms with E-state index in [0.717, 1.165) is 0 Å². The highest BCUT2D eigenvalue weighted by molar-refractivity contribution is 6.02. The summed E-state index contributed by atoms with van der Waals surface area (Å²) in [5.74, 6) is -4.03. The zero-order valence-electron chi connectivity index (χ0n) is 13.3. The zero-order valence-corrected chi connectivity index (χ0v) is 13.3. The van der Waals surface area contributed by atoms with Crippen LogP contribution in [0.15, 0.2) is 30.0 Å². The summed E-state index contributed by atoms with van der Waals surface area (Å²) in [6, 6.07) is 3.84. The number of aliphatic hydroxyl groups excluding tert-OH is 2. The first-order chi connectivity index (χ1) is 11.2. The van der Waals surface area contributed by atoms with Gasteiger partial charge in [-0.05, 0) is 37.6 Å². The second kappa shape index (κ2) is 8.11. The van der Waals surface area contributed by atoms with Gasteiger partial charge in [-0.25, -0.2) is 9.59 Å². The highest BCUT2D eigenvalue weighted by Gasteiger charge is 2.20. The molecule has 8 heteroatoms. The largest absolute Gasteiger partial charge is 0.505 e. The van der Waals surface area contributed by atoms with Crippen molar-refractivity contribution in [2.24, 2.45) is 0 Å². The lowest BCUT2D eigenvalue weighted by molar-refractivity contribution is -0.126. The van der Waals surface area contributed by atoms with Gasteiger partial charge in [0.2, 0.25) is 5.78 Å². The van der Waals surface area contributed by atoms with Gasteiger partial charge in [0.1, 0.15) is 6.10 Å². The maximum absolute atomic E-state index is 11.6. The highest BCUT2D eigenvalue weighted by atomic mass is 16.4. The lowest BCUT2D eigenvalue weighted by Gasteiger charge is -2.21. The number of carboxylic acid groups (broad SMARTS) is 2. The molecular weight excluding hydrogens is 318 g/mol. The van der Waals surface area contributed by atoms with E-state index in [4.69, 9.17) is 10.2 Å². The van der Waals surface area contributed by atoms with Crippen LogP contribution in [0.4, 0.5) is 5.69 Å². The molecule has 1 aromatic carbocycles. The number of hydrogen-bond acceptors (Lipinski definition) is 6. The molecule has 4 N–H and O–H groups in total. The minimum absolute atomic E-state index is 0.0102. The smallest absolute Gasteiger partial charge is 0.336 e. The van der Waals surface area contributed by atoms with Crippen LogP contribution in [0.3, 0.4) is 0 Å². The summed E-state index contributed by atoms with van der Waals surface area (Å²) in [6.45, 7) is 1.65. The number of nitrogens with zero attached hydrogens (tertiary/aromatic N) is 1. The van der Waals surface area contributed by atoms with Crippen molar-refractivity contribution in [3.63, 3.8) is 0 Å². The van der Waals surface area contributed by atoms with Crippen LogP contribution in [0.25, 0.3) is 0 Å². The van der Waals surface area contributed by atoms with Gasteiger partial charge >= 0.3 is 11.9 Å². The van der Waals surface area contributed by atoms with Crippen molar-refractivity contribution in [1.82, 2.24) is 0 Å². The van der Waals surface area contributed by atoms with Crippen LogP contribution in [0.5, 0.6) is 0 Å². The number of Topliss-reactive ketones (excluding diaryl/α,β-unsaturated/α-hetero) is 1. The molecule has 0 aliphatic carbocycles. The number of ketones is 1. The summed E-state index contributed by atoms with van der Waals surface area (Å²) >= 11 is 0. The van der Waals surface area contributed by atoms with E-state index >= 15 is 0 Å². The van der Waals surface area contributed by atoms with Gasteiger partial charge in [-0.1, -0.05) is 0 Å². The molecule has 24 heavy (non-hydrogen) atoms. The van der Waals surface area contributed by atoms with Gasteiger partial charge in [0.05, 0.1) is 11.1 Å². The normalized spacial score (nSPS) is 12.5. The standard InChI is InChI=1S/C16H19NO7/c1-3-12(18)14(20)13(19)6-7-17(2)9-4-5-10(15(21)22)11(8-9)16(23)24/h3-5,8,13,18-19H,6-7H2,1-2H3,(H,21,22)(H,23,24). The number of allylic oxidation sites excluding steroid dienone is 1. The van der Waals surface area contributed by atoms with E-state index in [9.17, 15) is 24.6 Å². The van der Waals surface area contributed by atoms with Gasteiger partial charge < -0.3 is 25.3 Å². The Kier molecular flexibility index (Phi) is 6.48. The van der Waals surface area contributed by atoms with Crippen LogP contribution >= 0.6 is 0 Å². The minimum atomic E-state index is -1.39. The van der Waals surface area contributed by atoms with Crippen LogP contribution in [0.2, 0.25) is 0 Å². The zero-order chi connectivity index (χ0) is 18.4. The molecule has 0 aliphatic rings. The summed E-state index contributed by atoms with van der Waals surface area (Å²) < 4.78 is 0. The second-order valence-electron chi connectivity index (χ2n) is 5.10. The number of aliphatic hydroxyl groups is 2. The number of carbonyl (C=O) groups excluding carboxylic acids is 1. The Morgan fingerprint density at radius 2 is 1.71 bits per heavy atom. The molecule has 0 aliphatic heterocycles. The molecule has 0 heterocycles. The SMILES string of the molecule is CC=C(O)C(=O)C(O)CCN(C)c1ccc(C(=O)O)c(C(=O)O)c1. The number of hydrogen-bond donors (Lipinski definition) is 4. The fourth-order valence-electron chi connectivity index (χ4n) is 2.02. The van der Waals surface area contributed by atoms with E-state index in [2.05, 4.69) is 0 Å². The Balaban J connectivity index is 2.87. The minimum Gasteiger partial charge on any atom is -0.505 e. The fourth-order valence-corrected chi connectivity index (χ4v) is 2.02.